The molecule has 9 heteroatoms. The predicted octanol–water partition coefficient (Wildman–Crippen LogP) is 3.71. The molecule has 4 rings (SSSR count). The molecule has 1 saturated heterocycles. The third-order valence-corrected chi connectivity index (χ3v) is 6.77. The van der Waals surface area contributed by atoms with Crippen LogP contribution in [-0.4, -0.2) is 62.5 Å². The van der Waals surface area contributed by atoms with E-state index in [0.29, 0.717) is 56.7 Å². The summed E-state index contributed by atoms with van der Waals surface area (Å²) in [5, 5.41) is 3.51. The van der Waals surface area contributed by atoms with Gasteiger partial charge in [0, 0.05) is 56.9 Å². The number of rotatable bonds is 13. The summed E-state index contributed by atoms with van der Waals surface area (Å²) in [6.07, 6.45) is -0.172. The molecule has 0 radical (unpaired) electrons. The van der Waals surface area contributed by atoms with Gasteiger partial charge < -0.3 is 19.5 Å². The molecule has 0 aromatic heterocycles. The molecule has 196 valence electrons. The van der Waals surface area contributed by atoms with E-state index in [1.165, 1.54) is 0 Å². The first-order valence-corrected chi connectivity index (χ1v) is 12.5. The normalized spacial score (nSPS) is 21.8. The Bertz CT molecular complexity index is 1020. The van der Waals surface area contributed by atoms with Crippen LogP contribution in [0.5, 0.6) is 5.75 Å². The molecule has 1 saturated carbocycles. The van der Waals surface area contributed by atoms with Gasteiger partial charge in [-0.2, -0.15) is 0 Å². The standard InChI is InChI=1S/C27H33F3N2O4/c1-3-34-25(27(33)35-4-2)11-17-5-7-19(8-6-17)36-10-9-31-26-20-15-32(16-21(20)26)14-18-12-23(29)24(30)13-22(18)28/h5-8,12-13,20-21,25-26,31H,3-4,9-11,14-16H2,1-2H3/t20-,21?,25+,26?/m0/s1. The monoisotopic (exact) mass is 506 g/mol. The third kappa shape index (κ3) is 6.57. The summed E-state index contributed by atoms with van der Waals surface area (Å²) >= 11 is 0. The summed E-state index contributed by atoms with van der Waals surface area (Å²) in [5.74, 6) is -1.52. The van der Waals surface area contributed by atoms with E-state index in [1.807, 2.05) is 31.2 Å². The molecule has 1 N–H and O–H groups in total. The zero-order chi connectivity index (χ0) is 25.7. The third-order valence-electron chi connectivity index (χ3n) is 6.77. The largest absolute Gasteiger partial charge is 0.492 e. The van der Waals surface area contributed by atoms with Gasteiger partial charge in [-0.1, -0.05) is 12.1 Å². The van der Waals surface area contributed by atoms with Crippen molar-refractivity contribution < 1.29 is 32.2 Å². The molecule has 1 aliphatic heterocycles. The molecule has 2 aromatic carbocycles. The summed E-state index contributed by atoms with van der Waals surface area (Å²) in [6, 6.07) is 9.56. The average Bonchev–Trinajstić information content (AvgIpc) is 3.30. The zero-order valence-electron chi connectivity index (χ0n) is 20.6. The van der Waals surface area contributed by atoms with Crippen molar-refractivity contribution in [3.63, 3.8) is 0 Å². The first kappa shape index (κ1) is 26.4. The number of carbonyl (C=O) groups is 1. The minimum absolute atomic E-state index is 0.188. The van der Waals surface area contributed by atoms with E-state index in [-0.39, 0.29) is 18.1 Å². The number of halogens is 3. The van der Waals surface area contributed by atoms with Crippen LogP contribution in [0.15, 0.2) is 36.4 Å². The lowest BCUT2D eigenvalue weighted by molar-refractivity contribution is -0.156. The van der Waals surface area contributed by atoms with Gasteiger partial charge >= 0.3 is 5.97 Å². The van der Waals surface area contributed by atoms with Crippen molar-refractivity contribution in [3.8, 4) is 5.75 Å². The fourth-order valence-corrected chi connectivity index (χ4v) is 4.95. The van der Waals surface area contributed by atoms with Crippen molar-refractivity contribution in [1.29, 1.82) is 0 Å². The lowest BCUT2D eigenvalue weighted by Gasteiger charge is -2.20. The highest BCUT2D eigenvalue weighted by Crippen LogP contribution is 2.45. The second-order valence-electron chi connectivity index (χ2n) is 9.25. The van der Waals surface area contributed by atoms with E-state index in [0.717, 1.165) is 30.5 Å². The van der Waals surface area contributed by atoms with Gasteiger partial charge in [-0.25, -0.2) is 18.0 Å². The molecular weight excluding hydrogens is 473 g/mol. The van der Waals surface area contributed by atoms with Gasteiger partial charge in [0.1, 0.15) is 18.2 Å². The van der Waals surface area contributed by atoms with Crippen LogP contribution in [0.1, 0.15) is 25.0 Å². The van der Waals surface area contributed by atoms with Crippen molar-refractivity contribution >= 4 is 5.97 Å². The number of esters is 1. The van der Waals surface area contributed by atoms with E-state index < -0.39 is 23.6 Å². The molecule has 1 heterocycles. The van der Waals surface area contributed by atoms with Crippen molar-refractivity contribution in [2.24, 2.45) is 11.8 Å². The molecule has 36 heavy (non-hydrogen) atoms. The highest BCUT2D eigenvalue weighted by Gasteiger charge is 2.55. The summed E-state index contributed by atoms with van der Waals surface area (Å²) in [5.41, 5.74) is 1.15. The molecule has 2 unspecified atom stereocenters. The lowest BCUT2D eigenvalue weighted by atomic mass is 10.1. The van der Waals surface area contributed by atoms with Gasteiger partial charge in [0.2, 0.25) is 0 Å². The zero-order valence-corrected chi connectivity index (χ0v) is 20.6. The molecule has 0 spiro atoms. The number of fused-ring (bicyclic) bond motifs is 1. The fourth-order valence-electron chi connectivity index (χ4n) is 4.95. The number of hydrogen-bond donors (Lipinski definition) is 1. The Hall–Kier alpha value is -2.62. The molecule has 2 aromatic rings. The number of piperidine rings is 1. The second kappa shape index (κ2) is 12.1. The summed E-state index contributed by atoms with van der Waals surface area (Å²) in [4.78, 5) is 14.1. The van der Waals surface area contributed by atoms with Crippen molar-refractivity contribution in [2.45, 2.75) is 39.0 Å². The minimum atomic E-state index is -1.16. The minimum Gasteiger partial charge on any atom is -0.492 e. The molecule has 2 aliphatic rings. The van der Waals surface area contributed by atoms with Crippen LogP contribution in [-0.2, 0) is 27.2 Å². The number of nitrogens with one attached hydrogen (secondary N) is 1. The first-order chi connectivity index (χ1) is 17.4. The van der Waals surface area contributed by atoms with Crippen LogP contribution < -0.4 is 10.1 Å². The van der Waals surface area contributed by atoms with Crippen molar-refractivity contribution in [3.05, 3.63) is 65.0 Å². The highest BCUT2D eigenvalue weighted by molar-refractivity contribution is 5.75. The average molecular weight is 507 g/mol. The molecule has 6 nitrogen and oxygen atoms in total. The van der Waals surface area contributed by atoms with E-state index in [2.05, 4.69) is 10.2 Å². The number of carbonyl (C=O) groups excluding carboxylic acids is 1. The summed E-state index contributed by atoms with van der Waals surface area (Å²) in [7, 11) is 0. The van der Waals surface area contributed by atoms with Gasteiger partial charge in [-0.05, 0) is 49.4 Å². The van der Waals surface area contributed by atoms with E-state index in [1.54, 1.807) is 6.92 Å². The predicted molar refractivity (Wildman–Crippen MR) is 128 cm³/mol. The highest BCUT2D eigenvalue weighted by atomic mass is 19.2. The Morgan fingerprint density at radius 1 is 1.03 bits per heavy atom. The van der Waals surface area contributed by atoms with E-state index in [9.17, 15) is 18.0 Å². The Morgan fingerprint density at radius 3 is 2.39 bits per heavy atom. The molecule has 4 atom stereocenters. The molecule has 0 amide bonds. The summed E-state index contributed by atoms with van der Waals surface area (Å²) < 4.78 is 56.9. The van der Waals surface area contributed by atoms with Crippen LogP contribution in [0, 0.1) is 29.3 Å². The van der Waals surface area contributed by atoms with Crippen LogP contribution in [0.25, 0.3) is 0 Å². The van der Waals surface area contributed by atoms with Crippen molar-refractivity contribution in [2.75, 3.05) is 39.5 Å². The van der Waals surface area contributed by atoms with Gasteiger partial charge in [0.25, 0.3) is 0 Å². The first-order valence-electron chi connectivity index (χ1n) is 12.5. The SMILES string of the molecule is CCOC(=O)[C@@H](Cc1ccc(OCCNC2C3CN(Cc4cc(F)c(F)cc4F)C[C@@H]32)cc1)OCC. The second-order valence-corrected chi connectivity index (χ2v) is 9.25. The Balaban J connectivity index is 1.14. The molecule has 1 aliphatic carbocycles. The number of nitrogens with zero attached hydrogens (tertiary/aromatic N) is 1. The Morgan fingerprint density at radius 2 is 1.72 bits per heavy atom. The number of ether oxygens (including phenoxy) is 3. The Kier molecular flexibility index (Phi) is 8.87. The van der Waals surface area contributed by atoms with Crippen LogP contribution >= 0.6 is 0 Å². The quantitative estimate of drug-likeness (QED) is 0.254. The smallest absolute Gasteiger partial charge is 0.335 e. The van der Waals surface area contributed by atoms with Gasteiger partial charge in [0.15, 0.2) is 17.7 Å². The summed E-state index contributed by atoms with van der Waals surface area (Å²) in [6.45, 7) is 7.48. The Labute approximate surface area is 209 Å². The number of benzene rings is 2. The maximum atomic E-state index is 13.9. The van der Waals surface area contributed by atoms with Crippen molar-refractivity contribution in [1.82, 2.24) is 10.2 Å². The molecular formula is C27H33F3N2O4. The van der Waals surface area contributed by atoms with Crippen LogP contribution in [0.4, 0.5) is 13.2 Å². The van der Waals surface area contributed by atoms with Gasteiger partial charge in [0.05, 0.1) is 6.61 Å². The number of likely N-dealkylation sites (tertiary alicyclic amines) is 1. The van der Waals surface area contributed by atoms with E-state index >= 15 is 0 Å². The van der Waals surface area contributed by atoms with Crippen LogP contribution in [0.3, 0.4) is 0 Å². The molecule has 2 fully saturated rings. The lowest BCUT2D eigenvalue weighted by Crippen LogP contribution is -2.33. The number of hydrogen-bond acceptors (Lipinski definition) is 6. The maximum absolute atomic E-state index is 13.9. The maximum Gasteiger partial charge on any atom is 0.335 e. The fraction of sp³-hybridized carbons (Fsp3) is 0.519. The topological polar surface area (TPSA) is 60.0 Å². The van der Waals surface area contributed by atoms with Gasteiger partial charge in [-0.15, -0.1) is 0 Å². The molecule has 0 bridgehead atoms. The van der Waals surface area contributed by atoms with Crippen LogP contribution in [0.2, 0.25) is 0 Å². The van der Waals surface area contributed by atoms with Gasteiger partial charge in [-0.3, -0.25) is 4.90 Å². The van der Waals surface area contributed by atoms with E-state index in [4.69, 9.17) is 14.2 Å².